The van der Waals surface area contributed by atoms with Gasteiger partial charge in [0.1, 0.15) is 0 Å². The van der Waals surface area contributed by atoms with E-state index in [-0.39, 0.29) is 6.10 Å². The minimum Gasteiger partial charge on any atom is -0.388 e. The molecule has 0 radical (unpaired) electrons. The maximum Gasteiger partial charge on any atom is 0.407 e. The summed E-state index contributed by atoms with van der Waals surface area (Å²) in [6.07, 6.45) is 0.138. The number of rotatable bonds is 7. The molecule has 22 heavy (non-hydrogen) atoms. The van der Waals surface area contributed by atoms with Gasteiger partial charge in [0.15, 0.2) is 0 Å². The van der Waals surface area contributed by atoms with Crippen LogP contribution in [0.1, 0.15) is 27.7 Å². The molecule has 0 aliphatic carbocycles. The topological polar surface area (TPSA) is 18.5 Å². The van der Waals surface area contributed by atoms with Crippen molar-refractivity contribution in [1.82, 2.24) is 0 Å². The van der Waals surface area contributed by atoms with E-state index < -0.39 is 8.56 Å². The van der Waals surface area contributed by atoms with Crippen LogP contribution in [0.3, 0.4) is 0 Å². The van der Waals surface area contributed by atoms with E-state index in [2.05, 4.69) is 69.3 Å². The molecule has 0 N–H and O–H groups in total. The lowest BCUT2D eigenvalue weighted by molar-refractivity contribution is 0.114. The van der Waals surface area contributed by atoms with Crippen molar-refractivity contribution in [3.63, 3.8) is 0 Å². The highest BCUT2D eigenvalue weighted by Crippen LogP contribution is 2.16. The lowest BCUT2D eigenvalue weighted by Crippen LogP contribution is -2.64. The second-order valence-electron chi connectivity index (χ2n) is 5.85. The molecule has 1 unspecified atom stereocenters. The van der Waals surface area contributed by atoms with Crippen LogP contribution in [0.4, 0.5) is 0 Å². The van der Waals surface area contributed by atoms with Gasteiger partial charge < -0.3 is 8.85 Å². The Morgan fingerprint density at radius 1 is 0.818 bits per heavy atom. The van der Waals surface area contributed by atoms with Gasteiger partial charge >= 0.3 is 8.56 Å². The van der Waals surface area contributed by atoms with Gasteiger partial charge in [0.2, 0.25) is 0 Å². The van der Waals surface area contributed by atoms with E-state index >= 15 is 0 Å². The first kappa shape index (κ1) is 16.9. The summed E-state index contributed by atoms with van der Waals surface area (Å²) in [5.41, 5.74) is 0. The molecule has 118 valence electrons. The van der Waals surface area contributed by atoms with E-state index in [1.807, 2.05) is 19.1 Å². The average Bonchev–Trinajstić information content (AvgIpc) is 2.55. The predicted octanol–water partition coefficient (Wildman–Crippen LogP) is 3.34. The fourth-order valence-corrected chi connectivity index (χ4v) is 5.89. The lowest BCUT2D eigenvalue weighted by Gasteiger charge is -2.35. The van der Waals surface area contributed by atoms with E-state index in [0.29, 0.717) is 12.5 Å². The summed E-state index contributed by atoms with van der Waals surface area (Å²) >= 11 is 0. The molecular weight excluding hydrogens is 288 g/mol. The molecule has 1 atom stereocenters. The van der Waals surface area contributed by atoms with E-state index in [1.54, 1.807) is 0 Å². The third kappa shape index (κ3) is 3.66. The molecule has 0 saturated heterocycles. The number of benzene rings is 2. The maximum atomic E-state index is 6.63. The van der Waals surface area contributed by atoms with Crippen LogP contribution in [0.2, 0.25) is 0 Å². The van der Waals surface area contributed by atoms with Gasteiger partial charge in [0, 0.05) is 12.7 Å². The number of hydrogen-bond donors (Lipinski definition) is 0. The van der Waals surface area contributed by atoms with Crippen LogP contribution in [0.5, 0.6) is 0 Å². The molecule has 0 aromatic heterocycles. The smallest absolute Gasteiger partial charge is 0.388 e. The third-order valence-electron chi connectivity index (χ3n) is 3.95. The largest absolute Gasteiger partial charge is 0.407 e. The van der Waals surface area contributed by atoms with Crippen LogP contribution < -0.4 is 10.4 Å². The summed E-state index contributed by atoms with van der Waals surface area (Å²) in [4.78, 5) is 0. The first-order chi connectivity index (χ1) is 10.6. The summed E-state index contributed by atoms with van der Waals surface area (Å²) in [7, 11) is -2.67. The molecular formula is C19H26O2Si. The van der Waals surface area contributed by atoms with E-state index in [1.165, 1.54) is 0 Å². The molecule has 2 nitrogen and oxygen atoms in total. The van der Waals surface area contributed by atoms with Crippen LogP contribution in [-0.4, -0.2) is 21.3 Å². The van der Waals surface area contributed by atoms with Crippen molar-refractivity contribution in [2.24, 2.45) is 5.92 Å². The minimum atomic E-state index is -2.67. The highest BCUT2D eigenvalue weighted by atomic mass is 28.4. The normalized spacial score (nSPS) is 13.3. The zero-order valence-corrected chi connectivity index (χ0v) is 15.0. The Balaban J connectivity index is 2.54. The summed E-state index contributed by atoms with van der Waals surface area (Å²) in [6, 6.07) is 20.8. The van der Waals surface area contributed by atoms with Crippen LogP contribution in [0.25, 0.3) is 0 Å². The zero-order valence-electron chi connectivity index (χ0n) is 14.0. The molecule has 0 bridgehead atoms. The summed E-state index contributed by atoms with van der Waals surface area (Å²) in [5.74, 6) is 0.444. The molecule has 3 heteroatoms. The predicted molar refractivity (Wildman–Crippen MR) is 94.9 cm³/mol. The molecule has 0 heterocycles. The van der Waals surface area contributed by atoms with Gasteiger partial charge in [0.25, 0.3) is 0 Å². The van der Waals surface area contributed by atoms with Gasteiger partial charge in [-0.2, -0.15) is 0 Å². The van der Waals surface area contributed by atoms with Gasteiger partial charge in [-0.25, -0.2) is 0 Å². The Hall–Kier alpha value is -1.42. The molecule has 0 saturated carbocycles. The Morgan fingerprint density at radius 2 is 1.27 bits per heavy atom. The summed E-state index contributed by atoms with van der Waals surface area (Å²) in [6.45, 7) is 9.19. The Labute approximate surface area is 135 Å². The second-order valence-corrected chi connectivity index (χ2v) is 8.76. The zero-order chi connectivity index (χ0) is 16.0. The molecule has 0 spiro atoms. The average molecular weight is 315 g/mol. The van der Waals surface area contributed by atoms with E-state index in [0.717, 1.165) is 10.4 Å². The monoisotopic (exact) mass is 314 g/mol. The van der Waals surface area contributed by atoms with Crippen molar-refractivity contribution in [1.29, 1.82) is 0 Å². The Morgan fingerprint density at radius 3 is 1.64 bits per heavy atom. The highest BCUT2D eigenvalue weighted by Gasteiger charge is 2.44. The SMILES string of the molecule is CCO[Si](OC(C)C(C)C)(c1ccccc1)c1ccccc1. The first-order valence-corrected chi connectivity index (χ1v) is 9.84. The van der Waals surface area contributed by atoms with Gasteiger partial charge in [-0.3, -0.25) is 0 Å². The molecule has 2 rings (SSSR count). The summed E-state index contributed by atoms with van der Waals surface area (Å²) in [5, 5.41) is 2.33. The van der Waals surface area contributed by atoms with Crippen molar-refractivity contribution in [3.8, 4) is 0 Å². The van der Waals surface area contributed by atoms with Gasteiger partial charge in [-0.1, -0.05) is 74.5 Å². The third-order valence-corrected chi connectivity index (χ3v) is 7.53. The van der Waals surface area contributed by atoms with Gasteiger partial charge in [-0.15, -0.1) is 0 Å². The fraction of sp³-hybridized carbons (Fsp3) is 0.368. The van der Waals surface area contributed by atoms with Crippen LogP contribution >= 0.6 is 0 Å². The fourth-order valence-electron chi connectivity index (χ4n) is 2.42. The van der Waals surface area contributed by atoms with E-state index in [9.17, 15) is 0 Å². The van der Waals surface area contributed by atoms with Crippen molar-refractivity contribution in [2.75, 3.05) is 6.61 Å². The Kier molecular flexibility index (Phi) is 5.95. The van der Waals surface area contributed by atoms with Crippen LogP contribution in [0.15, 0.2) is 60.7 Å². The van der Waals surface area contributed by atoms with Gasteiger partial charge in [-0.05, 0) is 30.1 Å². The van der Waals surface area contributed by atoms with E-state index in [4.69, 9.17) is 8.85 Å². The lowest BCUT2D eigenvalue weighted by atomic mass is 10.1. The molecule has 2 aromatic rings. The van der Waals surface area contributed by atoms with Gasteiger partial charge in [0.05, 0.1) is 0 Å². The van der Waals surface area contributed by atoms with Crippen molar-refractivity contribution in [2.45, 2.75) is 33.8 Å². The number of hydrogen-bond acceptors (Lipinski definition) is 2. The molecule has 0 amide bonds. The quantitative estimate of drug-likeness (QED) is 0.730. The highest BCUT2D eigenvalue weighted by molar-refractivity contribution is 6.92. The first-order valence-electron chi connectivity index (χ1n) is 8.03. The molecule has 0 aliphatic heterocycles. The standard InChI is InChI=1S/C19H26O2Si/c1-5-20-22(21-17(4)16(2)3,18-12-8-6-9-13-18)19-14-10-7-11-15-19/h6-17H,5H2,1-4H3. The summed E-state index contributed by atoms with van der Waals surface area (Å²) < 4.78 is 13.0. The Bertz CT molecular complexity index is 515. The van der Waals surface area contributed by atoms with Crippen molar-refractivity contribution in [3.05, 3.63) is 60.7 Å². The van der Waals surface area contributed by atoms with Crippen molar-refractivity contribution >= 4 is 18.9 Å². The second kappa shape index (κ2) is 7.72. The minimum absolute atomic E-state index is 0.138. The van der Waals surface area contributed by atoms with Crippen LogP contribution in [0, 0.1) is 5.92 Å². The molecule has 2 aromatic carbocycles. The van der Waals surface area contributed by atoms with Crippen LogP contribution in [-0.2, 0) is 8.85 Å². The molecule has 0 fully saturated rings. The van der Waals surface area contributed by atoms with Crippen molar-refractivity contribution < 1.29 is 8.85 Å². The molecule has 0 aliphatic rings. The maximum absolute atomic E-state index is 6.63.